The summed E-state index contributed by atoms with van der Waals surface area (Å²) in [4.78, 5) is 6.68. The highest BCUT2D eigenvalue weighted by Gasteiger charge is 2.20. The Morgan fingerprint density at radius 1 is 1.28 bits per heavy atom. The predicted octanol–water partition coefficient (Wildman–Crippen LogP) is 3.07. The van der Waals surface area contributed by atoms with Crippen LogP contribution in [0.2, 0.25) is 0 Å². The molecule has 0 radical (unpaired) electrons. The molecule has 0 spiro atoms. The van der Waals surface area contributed by atoms with Gasteiger partial charge in [-0.25, -0.2) is 0 Å². The van der Waals surface area contributed by atoms with E-state index in [0.29, 0.717) is 12.1 Å². The monoisotopic (exact) mass is 356 g/mol. The maximum absolute atomic E-state index is 4.43. The Morgan fingerprint density at radius 2 is 2.08 bits per heavy atom. The van der Waals surface area contributed by atoms with Crippen LogP contribution in [0, 0.1) is 0 Å². The second-order valence-electron chi connectivity index (χ2n) is 6.84. The summed E-state index contributed by atoms with van der Waals surface area (Å²) >= 11 is 1.75. The van der Waals surface area contributed by atoms with Crippen molar-refractivity contribution in [2.45, 2.75) is 31.3 Å². The van der Waals surface area contributed by atoms with Crippen LogP contribution in [0.1, 0.15) is 29.2 Å². The molecule has 2 N–H and O–H groups in total. The second-order valence-corrected chi connectivity index (χ2v) is 7.62. The fraction of sp³-hybridized carbons (Fsp3) is 0.450. The summed E-state index contributed by atoms with van der Waals surface area (Å²) < 4.78 is 0. The molecule has 1 aliphatic rings. The Labute approximate surface area is 155 Å². The first-order valence-corrected chi connectivity index (χ1v) is 9.84. The van der Waals surface area contributed by atoms with E-state index in [9.17, 15) is 0 Å². The lowest BCUT2D eigenvalue weighted by Crippen LogP contribution is -2.47. The highest BCUT2D eigenvalue weighted by Crippen LogP contribution is 2.22. The zero-order valence-electron chi connectivity index (χ0n) is 15.3. The summed E-state index contributed by atoms with van der Waals surface area (Å²) in [6, 6.07) is 11.8. The van der Waals surface area contributed by atoms with E-state index in [1.807, 2.05) is 7.05 Å². The topological polar surface area (TPSA) is 39.7 Å². The van der Waals surface area contributed by atoms with Gasteiger partial charge in [0.1, 0.15) is 0 Å². The van der Waals surface area contributed by atoms with Gasteiger partial charge in [0.2, 0.25) is 0 Å². The number of nitrogens with one attached hydrogen (secondary N) is 2. The van der Waals surface area contributed by atoms with E-state index in [4.69, 9.17) is 0 Å². The molecule has 4 nitrogen and oxygen atoms in total. The number of likely N-dealkylation sites (N-methyl/N-ethyl adjacent to an activating group) is 1. The first-order chi connectivity index (χ1) is 12.2. The van der Waals surface area contributed by atoms with Gasteiger partial charge >= 0.3 is 0 Å². The molecule has 0 saturated carbocycles. The molecule has 0 bridgehead atoms. The molecular formula is C20H28N4S. The molecular weight excluding hydrogens is 328 g/mol. The zero-order chi connectivity index (χ0) is 17.6. The first-order valence-electron chi connectivity index (χ1n) is 8.90. The van der Waals surface area contributed by atoms with Crippen LogP contribution >= 0.6 is 11.3 Å². The van der Waals surface area contributed by atoms with Crippen molar-refractivity contribution < 1.29 is 0 Å². The second kappa shape index (κ2) is 8.50. The van der Waals surface area contributed by atoms with Crippen molar-refractivity contribution in [3.63, 3.8) is 0 Å². The molecule has 5 heteroatoms. The summed E-state index contributed by atoms with van der Waals surface area (Å²) in [6.07, 6.45) is 3.36. The first kappa shape index (κ1) is 18.0. The predicted molar refractivity (Wildman–Crippen MR) is 107 cm³/mol. The molecule has 0 aliphatic heterocycles. The largest absolute Gasteiger partial charge is 0.354 e. The maximum atomic E-state index is 4.43. The number of hydrogen-bond acceptors (Lipinski definition) is 3. The molecule has 1 heterocycles. The summed E-state index contributed by atoms with van der Waals surface area (Å²) in [5, 5.41) is 11.5. The fourth-order valence-corrected chi connectivity index (χ4v) is 4.17. The molecule has 1 aliphatic carbocycles. The summed E-state index contributed by atoms with van der Waals surface area (Å²) in [5.74, 6) is 0.895. The number of rotatable bonds is 5. The third kappa shape index (κ3) is 4.61. The van der Waals surface area contributed by atoms with Gasteiger partial charge < -0.3 is 15.5 Å². The molecule has 25 heavy (non-hydrogen) atoms. The van der Waals surface area contributed by atoms with Crippen molar-refractivity contribution in [1.29, 1.82) is 0 Å². The zero-order valence-corrected chi connectivity index (χ0v) is 16.1. The standard InChI is InChI=1S/C20H28N4S/c1-21-20(22-13-19(24(2)3)17-10-11-25-14-17)23-18-9-8-15-6-4-5-7-16(15)12-18/h4-7,10-11,14,18-19H,8-9,12-13H2,1-3H3,(H2,21,22,23). The minimum Gasteiger partial charge on any atom is -0.354 e. The molecule has 0 amide bonds. The Morgan fingerprint density at radius 3 is 2.76 bits per heavy atom. The number of benzene rings is 1. The lowest BCUT2D eigenvalue weighted by atomic mass is 9.88. The number of fused-ring (bicyclic) bond motifs is 1. The molecule has 2 unspecified atom stereocenters. The van der Waals surface area contributed by atoms with E-state index >= 15 is 0 Å². The van der Waals surface area contributed by atoms with Gasteiger partial charge in [0.15, 0.2) is 5.96 Å². The van der Waals surface area contributed by atoms with Crippen molar-refractivity contribution in [2.24, 2.45) is 4.99 Å². The van der Waals surface area contributed by atoms with E-state index in [0.717, 1.165) is 31.8 Å². The van der Waals surface area contributed by atoms with E-state index in [2.05, 4.69) is 75.7 Å². The van der Waals surface area contributed by atoms with Gasteiger partial charge in [0, 0.05) is 19.6 Å². The minimum atomic E-state index is 0.344. The van der Waals surface area contributed by atoms with E-state index < -0.39 is 0 Å². The van der Waals surface area contributed by atoms with E-state index in [1.165, 1.54) is 16.7 Å². The third-order valence-electron chi connectivity index (χ3n) is 4.93. The lowest BCUT2D eigenvalue weighted by molar-refractivity contribution is 0.298. The molecule has 2 aromatic rings. The molecule has 2 atom stereocenters. The van der Waals surface area contributed by atoms with E-state index in [-0.39, 0.29) is 0 Å². The Bertz CT molecular complexity index is 693. The molecule has 3 rings (SSSR count). The van der Waals surface area contributed by atoms with Gasteiger partial charge in [-0.1, -0.05) is 24.3 Å². The fourth-order valence-electron chi connectivity index (χ4n) is 3.47. The number of aryl methyl sites for hydroxylation is 1. The van der Waals surface area contributed by atoms with Crippen LogP contribution in [0.15, 0.2) is 46.1 Å². The minimum absolute atomic E-state index is 0.344. The number of thiophene rings is 1. The normalized spacial score (nSPS) is 18.7. The number of guanidine groups is 1. The smallest absolute Gasteiger partial charge is 0.191 e. The van der Waals surface area contributed by atoms with Crippen LogP contribution in [0.5, 0.6) is 0 Å². The van der Waals surface area contributed by atoms with Crippen LogP contribution in [-0.4, -0.2) is 44.6 Å². The van der Waals surface area contributed by atoms with E-state index in [1.54, 1.807) is 11.3 Å². The van der Waals surface area contributed by atoms with Gasteiger partial charge in [-0.2, -0.15) is 11.3 Å². The van der Waals surface area contributed by atoms with Crippen LogP contribution < -0.4 is 10.6 Å². The van der Waals surface area contributed by atoms with Crippen molar-refractivity contribution in [2.75, 3.05) is 27.7 Å². The Balaban J connectivity index is 1.57. The SMILES string of the molecule is CN=C(NCC(c1ccsc1)N(C)C)NC1CCc2ccccc2C1. The quantitative estimate of drug-likeness (QED) is 0.639. The summed E-state index contributed by atoms with van der Waals surface area (Å²) in [5.41, 5.74) is 4.31. The summed E-state index contributed by atoms with van der Waals surface area (Å²) in [6.45, 7) is 0.840. The molecule has 134 valence electrons. The van der Waals surface area contributed by atoms with Gasteiger partial charge in [-0.3, -0.25) is 4.99 Å². The molecule has 1 aromatic heterocycles. The van der Waals surface area contributed by atoms with Crippen molar-refractivity contribution in [1.82, 2.24) is 15.5 Å². The van der Waals surface area contributed by atoms with Crippen molar-refractivity contribution >= 4 is 17.3 Å². The van der Waals surface area contributed by atoms with Gasteiger partial charge in [0.05, 0.1) is 6.04 Å². The Kier molecular flexibility index (Phi) is 6.10. The molecule has 0 saturated heterocycles. The average Bonchev–Trinajstić information content (AvgIpc) is 3.14. The average molecular weight is 357 g/mol. The lowest BCUT2D eigenvalue weighted by Gasteiger charge is -2.29. The van der Waals surface area contributed by atoms with Crippen molar-refractivity contribution in [3.05, 3.63) is 57.8 Å². The molecule has 1 aromatic carbocycles. The van der Waals surface area contributed by atoms with Gasteiger partial charge in [-0.15, -0.1) is 0 Å². The maximum Gasteiger partial charge on any atom is 0.191 e. The Hall–Kier alpha value is -1.85. The number of aliphatic imine (C=N–C) groups is 1. The highest BCUT2D eigenvalue weighted by molar-refractivity contribution is 7.07. The van der Waals surface area contributed by atoms with Gasteiger partial charge in [0.25, 0.3) is 0 Å². The third-order valence-corrected chi connectivity index (χ3v) is 5.63. The van der Waals surface area contributed by atoms with Crippen LogP contribution in [0.3, 0.4) is 0 Å². The highest BCUT2D eigenvalue weighted by atomic mass is 32.1. The van der Waals surface area contributed by atoms with Crippen LogP contribution in [-0.2, 0) is 12.8 Å². The summed E-state index contributed by atoms with van der Waals surface area (Å²) in [7, 11) is 6.10. The van der Waals surface area contributed by atoms with Crippen LogP contribution in [0.25, 0.3) is 0 Å². The van der Waals surface area contributed by atoms with Gasteiger partial charge in [-0.05, 0) is 66.9 Å². The van der Waals surface area contributed by atoms with Crippen LogP contribution in [0.4, 0.5) is 0 Å². The molecule has 0 fully saturated rings. The number of hydrogen-bond donors (Lipinski definition) is 2. The van der Waals surface area contributed by atoms with Crippen molar-refractivity contribution in [3.8, 4) is 0 Å². The number of nitrogens with zero attached hydrogens (tertiary/aromatic N) is 2.